The number of hydrogen-bond acceptors (Lipinski definition) is 6. The lowest BCUT2D eigenvalue weighted by Gasteiger charge is -2.06. The number of benzene rings is 1. The predicted octanol–water partition coefficient (Wildman–Crippen LogP) is 2.39. The number of nitrogens with zero attached hydrogens (tertiary/aromatic N) is 5. The summed E-state index contributed by atoms with van der Waals surface area (Å²) in [5, 5.41) is 30.5. The Labute approximate surface area is 148 Å². The van der Waals surface area contributed by atoms with Crippen LogP contribution >= 0.6 is 11.3 Å². The molecular formula is C17H19N5O2S. The fourth-order valence-corrected chi connectivity index (χ4v) is 3.37. The topological polar surface area (TPSA) is 87.9 Å². The molecule has 8 heteroatoms. The zero-order chi connectivity index (χ0) is 18.1. The van der Waals surface area contributed by atoms with E-state index in [1.54, 1.807) is 24.0 Å². The van der Waals surface area contributed by atoms with Gasteiger partial charge in [0.25, 0.3) is 0 Å². The van der Waals surface area contributed by atoms with Crippen LogP contribution < -0.4 is 4.80 Å². The van der Waals surface area contributed by atoms with Gasteiger partial charge in [-0.25, -0.2) is 4.68 Å². The van der Waals surface area contributed by atoms with Crippen LogP contribution in [0.2, 0.25) is 0 Å². The van der Waals surface area contributed by atoms with E-state index in [0.29, 0.717) is 16.1 Å². The third-order valence-electron chi connectivity index (χ3n) is 4.00. The van der Waals surface area contributed by atoms with Crippen LogP contribution in [0.5, 0.6) is 11.5 Å². The van der Waals surface area contributed by atoms with Gasteiger partial charge in [0.1, 0.15) is 11.5 Å². The largest absolute Gasteiger partial charge is 0.508 e. The van der Waals surface area contributed by atoms with E-state index < -0.39 is 0 Å². The van der Waals surface area contributed by atoms with Crippen LogP contribution in [0.3, 0.4) is 0 Å². The molecule has 3 rings (SSSR count). The fraction of sp³-hybridized carbons (Fsp3) is 0.235. The van der Waals surface area contributed by atoms with E-state index in [-0.39, 0.29) is 11.5 Å². The molecular weight excluding hydrogens is 338 g/mol. The number of phenolic OH excluding ortho intramolecular Hbond substituents is 2. The Hall–Kier alpha value is -2.87. The van der Waals surface area contributed by atoms with Crippen molar-refractivity contribution >= 4 is 17.6 Å². The van der Waals surface area contributed by atoms with Crippen LogP contribution in [0.15, 0.2) is 33.7 Å². The van der Waals surface area contributed by atoms with E-state index in [2.05, 4.69) is 15.2 Å². The summed E-state index contributed by atoms with van der Waals surface area (Å²) < 4.78 is 3.48. The van der Waals surface area contributed by atoms with Gasteiger partial charge in [0.2, 0.25) is 4.80 Å². The minimum Gasteiger partial charge on any atom is -0.508 e. The van der Waals surface area contributed by atoms with Crippen molar-refractivity contribution in [1.82, 2.24) is 14.5 Å². The summed E-state index contributed by atoms with van der Waals surface area (Å²) in [5.41, 5.74) is 4.12. The summed E-state index contributed by atoms with van der Waals surface area (Å²) in [5.74, 6) is -0.00770. The Morgan fingerprint density at radius 1 is 1.24 bits per heavy atom. The molecule has 0 radical (unpaired) electrons. The van der Waals surface area contributed by atoms with Gasteiger partial charge in [-0.2, -0.15) is 10.2 Å². The van der Waals surface area contributed by atoms with Crippen LogP contribution in [0.25, 0.3) is 11.3 Å². The first kappa shape index (κ1) is 17.0. The summed E-state index contributed by atoms with van der Waals surface area (Å²) >= 11 is 1.42. The minimum atomic E-state index is -0.0156. The zero-order valence-electron chi connectivity index (χ0n) is 14.4. The van der Waals surface area contributed by atoms with Gasteiger partial charge in [0.15, 0.2) is 0 Å². The van der Waals surface area contributed by atoms with E-state index in [4.69, 9.17) is 0 Å². The van der Waals surface area contributed by atoms with Crippen molar-refractivity contribution in [1.29, 1.82) is 0 Å². The van der Waals surface area contributed by atoms with E-state index >= 15 is 0 Å². The Morgan fingerprint density at radius 2 is 2.00 bits per heavy atom. The molecule has 0 atom stereocenters. The molecule has 3 aromatic rings. The maximum atomic E-state index is 10.2. The molecule has 2 N–H and O–H groups in total. The lowest BCUT2D eigenvalue weighted by Crippen LogP contribution is -2.11. The van der Waals surface area contributed by atoms with Crippen LogP contribution in [-0.2, 0) is 7.05 Å². The number of aromatic hydroxyl groups is 2. The Bertz CT molecular complexity index is 1030. The standard InChI is InChI=1S/C17H19N5O2S/c1-10-14(11(2)21(4)20-10)8-19-22-15(9-25-17(22)18-3)13-6-5-12(23)7-16(13)24/h5-9,23-24H,1-4H3/b18-17?,19-8+. The molecule has 0 unspecified atom stereocenters. The van der Waals surface area contributed by atoms with Gasteiger partial charge in [0, 0.05) is 42.4 Å². The van der Waals surface area contributed by atoms with Gasteiger partial charge in [0.05, 0.1) is 17.6 Å². The predicted molar refractivity (Wildman–Crippen MR) is 98.2 cm³/mol. The lowest BCUT2D eigenvalue weighted by atomic mass is 10.1. The molecule has 0 saturated carbocycles. The summed E-state index contributed by atoms with van der Waals surface area (Å²) in [6, 6.07) is 4.48. The highest BCUT2D eigenvalue weighted by molar-refractivity contribution is 7.07. The number of phenols is 2. The molecule has 7 nitrogen and oxygen atoms in total. The van der Waals surface area contributed by atoms with E-state index in [0.717, 1.165) is 17.0 Å². The zero-order valence-corrected chi connectivity index (χ0v) is 15.2. The molecule has 0 amide bonds. The first-order valence-electron chi connectivity index (χ1n) is 7.62. The first-order chi connectivity index (χ1) is 11.9. The number of aryl methyl sites for hydroxylation is 2. The maximum Gasteiger partial charge on any atom is 0.205 e. The quantitative estimate of drug-likeness (QED) is 0.706. The van der Waals surface area contributed by atoms with Crippen molar-refractivity contribution < 1.29 is 10.2 Å². The van der Waals surface area contributed by atoms with E-state index in [1.165, 1.54) is 23.5 Å². The summed E-state index contributed by atoms with van der Waals surface area (Å²) in [6.07, 6.45) is 1.75. The van der Waals surface area contributed by atoms with Crippen LogP contribution in [-0.4, -0.2) is 37.9 Å². The number of thiazole rings is 1. The summed E-state index contributed by atoms with van der Waals surface area (Å²) in [7, 11) is 3.59. The molecule has 0 aliphatic rings. The molecule has 2 aromatic heterocycles. The third-order valence-corrected chi connectivity index (χ3v) is 4.91. The van der Waals surface area contributed by atoms with Gasteiger partial charge in [-0.15, -0.1) is 11.3 Å². The van der Waals surface area contributed by atoms with Crippen molar-refractivity contribution in [2.45, 2.75) is 13.8 Å². The summed E-state index contributed by atoms with van der Waals surface area (Å²) in [6.45, 7) is 3.92. The Balaban J connectivity index is 2.13. The Kier molecular flexibility index (Phi) is 4.45. The highest BCUT2D eigenvalue weighted by Crippen LogP contribution is 2.32. The normalized spacial score (nSPS) is 12.4. The first-order valence-corrected chi connectivity index (χ1v) is 8.50. The molecule has 0 saturated heterocycles. The minimum absolute atomic E-state index is 0.00791. The smallest absolute Gasteiger partial charge is 0.205 e. The third kappa shape index (κ3) is 3.08. The van der Waals surface area contributed by atoms with Crippen LogP contribution in [0.1, 0.15) is 17.0 Å². The second-order valence-corrected chi connectivity index (χ2v) is 6.43. The van der Waals surface area contributed by atoms with Crippen molar-refractivity contribution in [2.75, 3.05) is 7.05 Å². The molecule has 25 heavy (non-hydrogen) atoms. The molecule has 2 heterocycles. The number of hydrogen-bond donors (Lipinski definition) is 2. The number of rotatable bonds is 3. The highest BCUT2D eigenvalue weighted by atomic mass is 32.1. The van der Waals surface area contributed by atoms with Crippen molar-refractivity contribution in [2.24, 2.45) is 17.1 Å². The van der Waals surface area contributed by atoms with Crippen molar-refractivity contribution in [3.05, 3.63) is 45.3 Å². The van der Waals surface area contributed by atoms with Crippen molar-refractivity contribution in [3.63, 3.8) is 0 Å². The van der Waals surface area contributed by atoms with E-state index in [1.807, 2.05) is 31.0 Å². The van der Waals surface area contributed by atoms with Crippen LogP contribution in [0.4, 0.5) is 0 Å². The van der Waals surface area contributed by atoms with E-state index in [9.17, 15) is 10.2 Å². The van der Waals surface area contributed by atoms with Gasteiger partial charge in [-0.05, 0) is 26.0 Å². The second kappa shape index (κ2) is 6.56. The lowest BCUT2D eigenvalue weighted by molar-refractivity contribution is 0.451. The van der Waals surface area contributed by atoms with Gasteiger partial charge < -0.3 is 10.2 Å². The van der Waals surface area contributed by atoms with Gasteiger partial charge >= 0.3 is 0 Å². The Morgan fingerprint density at radius 3 is 2.60 bits per heavy atom. The molecule has 0 bridgehead atoms. The van der Waals surface area contributed by atoms with Gasteiger partial charge in [-0.1, -0.05) is 0 Å². The summed E-state index contributed by atoms with van der Waals surface area (Å²) in [4.78, 5) is 4.93. The van der Waals surface area contributed by atoms with Crippen molar-refractivity contribution in [3.8, 4) is 22.8 Å². The average molecular weight is 357 g/mol. The molecule has 130 valence electrons. The molecule has 0 fully saturated rings. The fourth-order valence-electron chi connectivity index (χ4n) is 2.58. The average Bonchev–Trinajstić information content (AvgIpc) is 3.07. The maximum absolute atomic E-state index is 10.2. The highest BCUT2D eigenvalue weighted by Gasteiger charge is 2.13. The monoisotopic (exact) mass is 357 g/mol. The molecule has 1 aromatic carbocycles. The second-order valence-electron chi connectivity index (χ2n) is 5.59. The van der Waals surface area contributed by atoms with Crippen LogP contribution in [0, 0.1) is 13.8 Å². The van der Waals surface area contributed by atoms with Gasteiger partial charge in [-0.3, -0.25) is 9.67 Å². The molecule has 0 aliphatic heterocycles. The molecule has 0 spiro atoms. The SMILES string of the molecule is CN=c1scc(-c2ccc(O)cc2O)n1/N=C/c1c(C)nn(C)c1C. The molecule has 0 aliphatic carbocycles. The number of aromatic nitrogens is 3.